The number of H-pyrrole nitrogens is 1. The Labute approximate surface area is 147 Å². The van der Waals surface area contributed by atoms with Crippen LogP contribution in [0, 0.1) is 5.82 Å². The van der Waals surface area contributed by atoms with E-state index in [1.165, 1.54) is 12.1 Å². The number of hydrogen-bond acceptors (Lipinski definition) is 3. The molecule has 132 valence electrons. The van der Waals surface area contributed by atoms with Crippen LogP contribution in [-0.4, -0.2) is 29.3 Å². The van der Waals surface area contributed by atoms with Crippen molar-refractivity contribution in [2.24, 2.45) is 0 Å². The number of nitrogens with one attached hydrogen (secondary N) is 4. The van der Waals surface area contributed by atoms with E-state index in [1.54, 1.807) is 18.3 Å². The summed E-state index contributed by atoms with van der Waals surface area (Å²) >= 11 is 0. The largest absolute Gasteiger partial charge is 0.360 e. The van der Waals surface area contributed by atoms with Gasteiger partial charge in [-0.3, -0.25) is 25.2 Å². The summed E-state index contributed by atoms with van der Waals surface area (Å²) in [5.74, 6) is -2.07. The van der Waals surface area contributed by atoms with E-state index in [0.29, 0.717) is 5.56 Å². The smallest absolute Gasteiger partial charge is 0.271 e. The van der Waals surface area contributed by atoms with Crippen LogP contribution in [0.3, 0.4) is 0 Å². The first-order chi connectivity index (χ1) is 12.5. The first-order valence-electron chi connectivity index (χ1n) is 7.73. The Bertz CT molecular complexity index is 966. The number of hydrazine groups is 1. The van der Waals surface area contributed by atoms with Crippen LogP contribution in [0.1, 0.15) is 20.7 Å². The molecule has 0 saturated carbocycles. The van der Waals surface area contributed by atoms with Crippen molar-refractivity contribution in [2.45, 2.75) is 0 Å². The van der Waals surface area contributed by atoms with Gasteiger partial charge in [0, 0.05) is 22.7 Å². The second kappa shape index (κ2) is 7.47. The molecule has 0 radical (unpaired) electrons. The topological polar surface area (TPSA) is 103 Å². The Kier molecular flexibility index (Phi) is 4.93. The second-order valence-corrected chi connectivity index (χ2v) is 5.44. The minimum absolute atomic E-state index is 0.224. The fraction of sp³-hybridized carbons (Fsp3) is 0.0556. The molecule has 0 atom stereocenters. The first-order valence-corrected chi connectivity index (χ1v) is 7.73. The van der Waals surface area contributed by atoms with Gasteiger partial charge in [0.15, 0.2) is 0 Å². The molecule has 1 aromatic heterocycles. The van der Waals surface area contributed by atoms with Gasteiger partial charge in [-0.2, -0.15) is 0 Å². The highest BCUT2D eigenvalue weighted by Gasteiger charge is 2.13. The summed E-state index contributed by atoms with van der Waals surface area (Å²) in [6.07, 6.45) is 1.54. The highest BCUT2D eigenvalue weighted by atomic mass is 19.1. The number of carbonyl (C=O) groups is 3. The normalized spacial score (nSPS) is 10.3. The lowest BCUT2D eigenvalue weighted by molar-refractivity contribution is -0.120. The number of carbonyl (C=O) groups excluding carboxylic acids is 3. The minimum Gasteiger partial charge on any atom is -0.360 e. The van der Waals surface area contributed by atoms with Crippen molar-refractivity contribution in [3.63, 3.8) is 0 Å². The molecule has 0 unspecified atom stereocenters. The van der Waals surface area contributed by atoms with Crippen LogP contribution in [0.2, 0.25) is 0 Å². The number of rotatable bonds is 4. The molecule has 8 heteroatoms. The lowest BCUT2D eigenvalue weighted by atomic mass is 10.2. The molecule has 3 rings (SSSR count). The number of hydrogen-bond donors (Lipinski definition) is 4. The molecule has 0 saturated heterocycles. The molecule has 26 heavy (non-hydrogen) atoms. The van der Waals surface area contributed by atoms with Gasteiger partial charge in [0.25, 0.3) is 17.7 Å². The molecule has 0 spiro atoms. The van der Waals surface area contributed by atoms with Gasteiger partial charge in [-0.15, -0.1) is 0 Å². The molecule has 3 aromatic rings. The molecule has 4 N–H and O–H groups in total. The maximum absolute atomic E-state index is 12.8. The van der Waals surface area contributed by atoms with E-state index in [0.717, 1.165) is 23.0 Å². The van der Waals surface area contributed by atoms with Gasteiger partial charge in [0.2, 0.25) is 0 Å². The summed E-state index contributed by atoms with van der Waals surface area (Å²) < 4.78 is 12.8. The van der Waals surface area contributed by atoms with Crippen molar-refractivity contribution < 1.29 is 18.8 Å². The van der Waals surface area contributed by atoms with Gasteiger partial charge in [0.05, 0.1) is 12.1 Å². The monoisotopic (exact) mass is 354 g/mol. The molecule has 0 bridgehead atoms. The fourth-order valence-electron chi connectivity index (χ4n) is 2.36. The van der Waals surface area contributed by atoms with Gasteiger partial charge in [0.1, 0.15) is 5.82 Å². The summed E-state index contributed by atoms with van der Waals surface area (Å²) in [5.41, 5.74) is 5.92. The molecule has 7 nitrogen and oxygen atoms in total. The average Bonchev–Trinajstić information content (AvgIpc) is 3.09. The summed E-state index contributed by atoms with van der Waals surface area (Å²) in [4.78, 5) is 38.7. The molecule has 0 aliphatic carbocycles. The second-order valence-electron chi connectivity index (χ2n) is 5.44. The number of para-hydroxylation sites is 1. The summed E-state index contributed by atoms with van der Waals surface area (Å²) in [6, 6.07) is 12.2. The van der Waals surface area contributed by atoms with Crippen molar-refractivity contribution in [3.05, 3.63) is 71.7 Å². The molecular formula is C18H15FN4O3. The van der Waals surface area contributed by atoms with Crippen LogP contribution >= 0.6 is 0 Å². The maximum Gasteiger partial charge on any atom is 0.271 e. The zero-order valence-electron chi connectivity index (χ0n) is 13.5. The van der Waals surface area contributed by atoms with Crippen LogP contribution in [0.5, 0.6) is 0 Å². The van der Waals surface area contributed by atoms with Crippen LogP contribution in [0.25, 0.3) is 10.9 Å². The van der Waals surface area contributed by atoms with Crippen LogP contribution in [-0.2, 0) is 4.79 Å². The van der Waals surface area contributed by atoms with Crippen molar-refractivity contribution in [3.8, 4) is 0 Å². The fourth-order valence-corrected chi connectivity index (χ4v) is 2.36. The van der Waals surface area contributed by atoms with Crippen LogP contribution in [0.4, 0.5) is 4.39 Å². The zero-order valence-corrected chi connectivity index (χ0v) is 13.5. The molecule has 3 amide bonds. The number of aromatic amines is 1. The lowest BCUT2D eigenvalue weighted by Crippen LogP contribution is -2.46. The zero-order chi connectivity index (χ0) is 18.5. The molecule has 0 aliphatic rings. The average molecular weight is 354 g/mol. The third-order valence-corrected chi connectivity index (χ3v) is 3.67. The molecule has 0 fully saturated rings. The Morgan fingerprint density at radius 1 is 0.923 bits per heavy atom. The maximum atomic E-state index is 12.8. The van der Waals surface area contributed by atoms with E-state index in [9.17, 15) is 18.8 Å². The lowest BCUT2D eigenvalue weighted by Gasteiger charge is -2.08. The van der Waals surface area contributed by atoms with Gasteiger partial charge in [-0.1, -0.05) is 18.2 Å². The predicted octanol–water partition coefficient (Wildman–Crippen LogP) is 1.50. The Hall–Kier alpha value is -3.68. The third-order valence-electron chi connectivity index (χ3n) is 3.67. The SMILES string of the molecule is O=C(CNC(=O)c1ccc(F)cc1)NNC(=O)c1c[nH]c2ccccc12. The van der Waals surface area contributed by atoms with E-state index in [4.69, 9.17) is 0 Å². The molecule has 1 heterocycles. The van der Waals surface area contributed by atoms with E-state index in [-0.39, 0.29) is 12.1 Å². The quantitative estimate of drug-likeness (QED) is 0.534. The summed E-state index contributed by atoms with van der Waals surface area (Å²) in [6.45, 7) is -0.343. The Morgan fingerprint density at radius 3 is 2.42 bits per heavy atom. The minimum atomic E-state index is -0.603. The highest BCUT2D eigenvalue weighted by Crippen LogP contribution is 2.17. The van der Waals surface area contributed by atoms with E-state index >= 15 is 0 Å². The Morgan fingerprint density at radius 2 is 1.65 bits per heavy atom. The van der Waals surface area contributed by atoms with Crippen molar-refractivity contribution in [1.82, 2.24) is 21.2 Å². The standard InChI is InChI=1S/C18H15FN4O3/c19-12-7-5-11(6-8-12)17(25)21-10-16(24)22-23-18(26)14-9-20-15-4-2-1-3-13(14)15/h1-9,20H,10H2,(H,21,25)(H,22,24)(H,23,26). The summed E-state index contributed by atoms with van der Waals surface area (Å²) in [7, 11) is 0. The number of aromatic nitrogens is 1. The number of halogens is 1. The molecule has 2 aromatic carbocycles. The van der Waals surface area contributed by atoms with E-state index < -0.39 is 23.5 Å². The molecule has 0 aliphatic heterocycles. The van der Waals surface area contributed by atoms with Crippen molar-refractivity contribution in [1.29, 1.82) is 0 Å². The highest BCUT2D eigenvalue weighted by molar-refractivity contribution is 6.07. The number of benzene rings is 2. The van der Waals surface area contributed by atoms with E-state index in [1.807, 2.05) is 12.1 Å². The summed E-state index contributed by atoms with van der Waals surface area (Å²) in [5, 5.41) is 3.10. The van der Waals surface area contributed by atoms with Crippen LogP contribution < -0.4 is 16.2 Å². The Balaban J connectivity index is 1.50. The van der Waals surface area contributed by atoms with Gasteiger partial charge < -0.3 is 10.3 Å². The number of fused-ring (bicyclic) bond motifs is 1. The molecular weight excluding hydrogens is 339 g/mol. The number of amides is 3. The first kappa shape index (κ1) is 17.2. The van der Waals surface area contributed by atoms with E-state index in [2.05, 4.69) is 21.2 Å². The van der Waals surface area contributed by atoms with Gasteiger partial charge in [-0.05, 0) is 30.3 Å². The van der Waals surface area contributed by atoms with Gasteiger partial charge in [-0.25, -0.2) is 4.39 Å². The van der Waals surface area contributed by atoms with Crippen LogP contribution in [0.15, 0.2) is 54.7 Å². The van der Waals surface area contributed by atoms with Crippen molar-refractivity contribution in [2.75, 3.05) is 6.54 Å². The predicted molar refractivity (Wildman–Crippen MR) is 92.6 cm³/mol. The van der Waals surface area contributed by atoms with Crippen molar-refractivity contribution >= 4 is 28.6 Å². The van der Waals surface area contributed by atoms with Gasteiger partial charge >= 0.3 is 0 Å². The third kappa shape index (κ3) is 3.86.